The van der Waals surface area contributed by atoms with Gasteiger partial charge < -0.3 is 10.6 Å². The number of amides is 2. The monoisotopic (exact) mass is 662 g/mol. The fourth-order valence-corrected chi connectivity index (χ4v) is 6.38. The van der Waals surface area contributed by atoms with Crippen LogP contribution in [0.3, 0.4) is 0 Å². The highest BCUT2D eigenvalue weighted by molar-refractivity contribution is 14.1. The van der Waals surface area contributed by atoms with Crippen LogP contribution in [-0.2, 0) is 14.5 Å². The molecule has 3 N–H and O–H groups in total. The standard InChI is InChI=1S/C23H18F3IN4O4S2/c1-28-19-8-12-6-7-31(22(32)15(12)10-17(19)24)13-2-4-18(16(9-13)21(25)26)29-23(33)30-37(34,35)20-5-3-14(11-27)36-20/h2-10,21,28H,11H2,1H3,(H2,29,30,33). The van der Waals surface area contributed by atoms with Crippen LogP contribution in [0, 0.1) is 5.82 Å². The molecule has 0 spiro atoms. The number of hydrogen-bond acceptors (Lipinski definition) is 6. The number of hydrogen-bond donors (Lipinski definition) is 3. The van der Waals surface area contributed by atoms with Crippen LogP contribution < -0.4 is 20.9 Å². The number of thiophene rings is 1. The molecule has 0 atom stereocenters. The van der Waals surface area contributed by atoms with E-state index in [1.807, 2.05) is 0 Å². The van der Waals surface area contributed by atoms with E-state index in [-0.39, 0.29) is 26.7 Å². The number of carbonyl (C=O) groups is 1. The van der Waals surface area contributed by atoms with Gasteiger partial charge in [-0.25, -0.2) is 31.1 Å². The first-order chi connectivity index (χ1) is 17.5. The zero-order valence-corrected chi connectivity index (χ0v) is 22.7. The van der Waals surface area contributed by atoms with Crippen LogP contribution in [0.15, 0.2) is 63.7 Å². The molecule has 0 fully saturated rings. The lowest BCUT2D eigenvalue weighted by molar-refractivity contribution is 0.152. The predicted octanol–water partition coefficient (Wildman–Crippen LogP) is 5.62. The summed E-state index contributed by atoms with van der Waals surface area (Å²) in [6.07, 6.45) is -1.70. The average molecular weight is 662 g/mol. The van der Waals surface area contributed by atoms with Gasteiger partial charge in [0.25, 0.3) is 22.0 Å². The highest BCUT2D eigenvalue weighted by Gasteiger charge is 2.22. The van der Waals surface area contributed by atoms with Gasteiger partial charge in [-0.1, -0.05) is 22.6 Å². The molecule has 0 saturated heterocycles. The third kappa shape index (κ3) is 5.60. The molecule has 0 radical (unpaired) electrons. The van der Waals surface area contributed by atoms with Gasteiger partial charge in [-0.3, -0.25) is 9.36 Å². The molecular formula is C23H18F3IN4O4S2. The van der Waals surface area contributed by atoms with Crippen LogP contribution in [-0.4, -0.2) is 26.1 Å². The van der Waals surface area contributed by atoms with Crippen molar-refractivity contribution in [3.63, 3.8) is 0 Å². The van der Waals surface area contributed by atoms with Crippen LogP contribution >= 0.6 is 33.9 Å². The highest BCUT2D eigenvalue weighted by Crippen LogP contribution is 2.30. The summed E-state index contributed by atoms with van der Waals surface area (Å²) in [5, 5.41) is 5.31. The fraction of sp³-hybridized carbons (Fsp3) is 0.130. The molecule has 14 heteroatoms. The smallest absolute Gasteiger partial charge is 0.333 e. The molecule has 2 aromatic heterocycles. The molecule has 0 aliphatic rings. The molecule has 4 aromatic rings. The average Bonchev–Trinajstić information content (AvgIpc) is 3.35. The van der Waals surface area contributed by atoms with Crippen LogP contribution in [0.5, 0.6) is 0 Å². The summed E-state index contributed by atoms with van der Waals surface area (Å²) in [5.41, 5.74) is -1.37. The van der Waals surface area contributed by atoms with Crippen LogP contribution in [0.25, 0.3) is 16.5 Å². The van der Waals surface area contributed by atoms with E-state index in [2.05, 4.69) is 33.2 Å². The van der Waals surface area contributed by atoms with E-state index in [4.69, 9.17) is 0 Å². The molecular weight excluding hydrogens is 644 g/mol. The number of carbonyl (C=O) groups excluding carboxylic acids is 1. The lowest BCUT2D eigenvalue weighted by atomic mass is 10.1. The molecule has 0 bridgehead atoms. The van der Waals surface area contributed by atoms with Gasteiger partial charge in [0, 0.05) is 33.8 Å². The molecule has 2 aromatic carbocycles. The van der Waals surface area contributed by atoms with Gasteiger partial charge in [-0.2, -0.15) is 0 Å². The van der Waals surface area contributed by atoms with E-state index < -0.39 is 39.4 Å². The lowest BCUT2D eigenvalue weighted by Crippen LogP contribution is -2.34. The van der Waals surface area contributed by atoms with E-state index >= 15 is 0 Å². The van der Waals surface area contributed by atoms with Gasteiger partial charge in [0.15, 0.2) is 0 Å². The number of alkyl halides is 3. The number of pyridine rings is 1. The van der Waals surface area contributed by atoms with E-state index in [1.54, 1.807) is 10.8 Å². The summed E-state index contributed by atoms with van der Waals surface area (Å²) in [5.74, 6) is -0.647. The van der Waals surface area contributed by atoms with Gasteiger partial charge in [-0.05, 0) is 53.9 Å². The Kier molecular flexibility index (Phi) is 7.80. The van der Waals surface area contributed by atoms with Crippen molar-refractivity contribution in [1.82, 2.24) is 9.29 Å². The van der Waals surface area contributed by atoms with Gasteiger partial charge in [0.05, 0.1) is 16.8 Å². The number of urea groups is 1. The minimum Gasteiger partial charge on any atom is -0.386 e. The largest absolute Gasteiger partial charge is 0.386 e. The van der Waals surface area contributed by atoms with Crippen molar-refractivity contribution in [3.8, 4) is 5.69 Å². The maximum absolute atomic E-state index is 14.2. The van der Waals surface area contributed by atoms with E-state index in [0.717, 1.165) is 39.0 Å². The van der Waals surface area contributed by atoms with Gasteiger partial charge in [-0.15, -0.1) is 11.3 Å². The zero-order chi connectivity index (χ0) is 26.9. The summed E-state index contributed by atoms with van der Waals surface area (Å²) < 4.78 is 70.2. The summed E-state index contributed by atoms with van der Waals surface area (Å²) >= 11 is 3.05. The number of anilines is 2. The Morgan fingerprint density at radius 2 is 1.86 bits per heavy atom. The molecule has 8 nitrogen and oxygen atoms in total. The molecule has 37 heavy (non-hydrogen) atoms. The summed E-state index contributed by atoms with van der Waals surface area (Å²) in [4.78, 5) is 26.1. The number of halogens is 4. The number of aromatic nitrogens is 1. The summed E-state index contributed by atoms with van der Waals surface area (Å²) in [6.45, 7) is 0. The number of nitrogens with one attached hydrogen (secondary N) is 3. The minimum atomic E-state index is -4.20. The minimum absolute atomic E-state index is 0.0451. The highest BCUT2D eigenvalue weighted by atomic mass is 127. The second kappa shape index (κ2) is 10.7. The molecule has 2 heterocycles. The van der Waals surface area contributed by atoms with Crippen molar-refractivity contribution in [1.29, 1.82) is 0 Å². The van der Waals surface area contributed by atoms with E-state index in [9.17, 15) is 31.2 Å². The number of fused-ring (bicyclic) bond motifs is 1. The Hall–Kier alpha value is -3.11. The molecule has 0 aliphatic carbocycles. The summed E-state index contributed by atoms with van der Waals surface area (Å²) in [6, 6.07) is 9.21. The number of benzene rings is 2. The molecule has 0 unspecified atom stereocenters. The maximum Gasteiger partial charge on any atom is 0.333 e. The van der Waals surface area contributed by atoms with Crippen LogP contribution in [0.1, 0.15) is 16.9 Å². The Morgan fingerprint density at radius 1 is 1.11 bits per heavy atom. The van der Waals surface area contributed by atoms with Gasteiger partial charge in [0.2, 0.25) is 0 Å². The fourth-order valence-electron chi connectivity index (χ4n) is 3.55. The first-order valence-corrected chi connectivity index (χ1v) is 14.3. The van der Waals surface area contributed by atoms with Gasteiger partial charge in [0.1, 0.15) is 10.0 Å². The molecule has 194 valence electrons. The normalized spacial score (nSPS) is 11.6. The predicted molar refractivity (Wildman–Crippen MR) is 145 cm³/mol. The third-order valence-corrected chi connectivity index (χ3v) is 9.57. The quantitative estimate of drug-likeness (QED) is 0.176. The number of rotatable bonds is 7. The van der Waals surface area contributed by atoms with E-state index in [1.165, 1.54) is 37.5 Å². The van der Waals surface area contributed by atoms with Crippen molar-refractivity contribution in [2.75, 3.05) is 17.7 Å². The first kappa shape index (κ1) is 26.9. The van der Waals surface area contributed by atoms with Crippen molar-refractivity contribution in [3.05, 3.63) is 81.3 Å². The van der Waals surface area contributed by atoms with Crippen molar-refractivity contribution >= 4 is 72.1 Å². The molecule has 4 rings (SSSR count). The SMILES string of the molecule is CNc1cc2ccn(-c3ccc(NC(=O)NS(=O)(=O)c4ccc(CI)s4)c(C(F)F)c3)c(=O)c2cc1F. The Bertz CT molecular complexity index is 1670. The van der Waals surface area contributed by atoms with E-state index in [0.29, 0.717) is 9.81 Å². The number of sulfonamides is 1. The Labute approximate surface area is 226 Å². The Balaban J connectivity index is 1.64. The van der Waals surface area contributed by atoms with Crippen molar-refractivity contribution < 1.29 is 26.4 Å². The van der Waals surface area contributed by atoms with Crippen molar-refractivity contribution in [2.24, 2.45) is 0 Å². The zero-order valence-electron chi connectivity index (χ0n) is 18.9. The van der Waals surface area contributed by atoms with Crippen molar-refractivity contribution in [2.45, 2.75) is 15.1 Å². The molecule has 0 aliphatic heterocycles. The van der Waals surface area contributed by atoms with Gasteiger partial charge >= 0.3 is 6.03 Å². The van der Waals surface area contributed by atoms with Crippen LogP contribution in [0.4, 0.5) is 29.3 Å². The second-order valence-electron chi connectivity index (χ2n) is 7.65. The lowest BCUT2D eigenvalue weighted by Gasteiger charge is -2.15. The molecule has 0 saturated carbocycles. The Morgan fingerprint density at radius 3 is 2.51 bits per heavy atom. The topological polar surface area (TPSA) is 109 Å². The third-order valence-electron chi connectivity index (χ3n) is 5.32. The number of nitrogens with zero attached hydrogens (tertiary/aromatic N) is 1. The maximum atomic E-state index is 14.2. The first-order valence-electron chi connectivity index (χ1n) is 10.5. The molecule has 2 amide bonds. The van der Waals surface area contributed by atoms with Crippen LogP contribution in [0.2, 0.25) is 0 Å². The summed E-state index contributed by atoms with van der Waals surface area (Å²) in [7, 11) is -2.67. The second-order valence-corrected chi connectivity index (χ2v) is 11.5.